The Bertz CT molecular complexity index is 707. The number of halogens is 1. The predicted octanol–water partition coefficient (Wildman–Crippen LogP) is 3.20. The number of hydrogen-bond donors (Lipinski definition) is 1. The second kappa shape index (κ2) is 5.07. The van der Waals surface area contributed by atoms with Gasteiger partial charge in [0.1, 0.15) is 5.82 Å². The number of nitrogens with one attached hydrogen (secondary N) is 1. The molecule has 3 aromatic rings. The molecule has 0 spiro atoms. The highest BCUT2D eigenvalue weighted by Crippen LogP contribution is 2.33. The molecule has 0 aliphatic carbocycles. The van der Waals surface area contributed by atoms with E-state index in [1.54, 1.807) is 6.07 Å². The lowest BCUT2D eigenvalue weighted by Gasteiger charge is -1.93. The fraction of sp³-hybridized carbons (Fsp3) is 0.231. The van der Waals surface area contributed by atoms with E-state index >= 15 is 0 Å². The summed E-state index contributed by atoms with van der Waals surface area (Å²) in [4.78, 5) is 0.857. The van der Waals surface area contributed by atoms with Crippen LogP contribution in [0.25, 0.3) is 20.9 Å². The van der Waals surface area contributed by atoms with Crippen molar-refractivity contribution in [3.05, 3.63) is 36.0 Å². The van der Waals surface area contributed by atoms with Crippen molar-refractivity contribution in [3.8, 4) is 10.8 Å². The first-order valence-electron chi connectivity index (χ1n) is 5.99. The molecule has 0 radical (unpaired) electrons. The van der Waals surface area contributed by atoms with Crippen molar-refractivity contribution in [2.45, 2.75) is 13.5 Å². The summed E-state index contributed by atoms with van der Waals surface area (Å²) in [5.74, 6) is 0.800. The van der Waals surface area contributed by atoms with Crippen LogP contribution in [0, 0.1) is 5.82 Å². The third-order valence-electron chi connectivity index (χ3n) is 2.69. The second-order valence-electron chi connectivity index (χ2n) is 4.07. The summed E-state index contributed by atoms with van der Waals surface area (Å²) in [6.45, 7) is 3.42. The van der Waals surface area contributed by atoms with Gasteiger partial charge in [0.2, 0.25) is 5.89 Å². The van der Waals surface area contributed by atoms with Gasteiger partial charge >= 0.3 is 0 Å². The molecule has 0 fully saturated rings. The first kappa shape index (κ1) is 12.3. The Morgan fingerprint density at radius 2 is 2.21 bits per heavy atom. The van der Waals surface area contributed by atoms with Crippen LogP contribution in [0.1, 0.15) is 12.8 Å². The SMILES string of the molecule is CCNCc1nnc(-c2cc3ccc(F)cc3s2)o1. The van der Waals surface area contributed by atoms with Gasteiger partial charge in [0.05, 0.1) is 11.4 Å². The average molecular weight is 277 g/mol. The minimum Gasteiger partial charge on any atom is -0.419 e. The zero-order valence-electron chi connectivity index (χ0n) is 10.3. The van der Waals surface area contributed by atoms with Gasteiger partial charge in [-0.25, -0.2) is 4.39 Å². The molecule has 19 heavy (non-hydrogen) atoms. The summed E-state index contributed by atoms with van der Waals surface area (Å²) < 4.78 is 19.6. The second-order valence-corrected chi connectivity index (χ2v) is 5.16. The number of rotatable bonds is 4. The van der Waals surface area contributed by atoms with Gasteiger partial charge in [0, 0.05) is 4.70 Å². The maximum atomic E-state index is 13.1. The van der Waals surface area contributed by atoms with Crippen LogP contribution < -0.4 is 5.32 Å². The number of thiophene rings is 1. The van der Waals surface area contributed by atoms with E-state index in [0.29, 0.717) is 18.3 Å². The number of fused-ring (bicyclic) bond motifs is 1. The molecule has 0 atom stereocenters. The standard InChI is InChI=1S/C13H12FN3OS/c1-2-15-7-12-16-17-13(18-12)11-5-8-3-4-9(14)6-10(8)19-11/h3-6,15H,2,7H2,1H3. The van der Waals surface area contributed by atoms with Crippen molar-refractivity contribution in [3.63, 3.8) is 0 Å². The van der Waals surface area contributed by atoms with Crippen LogP contribution in [0.4, 0.5) is 4.39 Å². The molecule has 98 valence electrons. The first-order chi connectivity index (χ1) is 9.26. The predicted molar refractivity (Wildman–Crippen MR) is 72.5 cm³/mol. The molecule has 3 rings (SSSR count). The largest absolute Gasteiger partial charge is 0.419 e. The van der Waals surface area contributed by atoms with Crippen molar-refractivity contribution in [1.82, 2.24) is 15.5 Å². The van der Waals surface area contributed by atoms with Crippen molar-refractivity contribution >= 4 is 21.4 Å². The van der Waals surface area contributed by atoms with Gasteiger partial charge in [-0.1, -0.05) is 13.0 Å². The van der Waals surface area contributed by atoms with E-state index in [-0.39, 0.29) is 5.82 Å². The Labute approximate surface area is 113 Å². The fourth-order valence-electron chi connectivity index (χ4n) is 1.77. The summed E-state index contributed by atoms with van der Waals surface area (Å²) in [5.41, 5.74) is 0. The minimum absolute atomic E-state index is 0.237. The van der Waals surface area contributed by atoms with E-state index in [2.05, 4.69) is 15.5 Å². The van der Waals surface area contributed by atoms with E-state index in [9.17, 15) is 4.39 Å². The maximum Gasteiger partial charge on any atom is 0.257 e. The molecule has 1 N–H and O–H groups in total. The van der Waals surface area contributed by atoms with Crippen LogP contribution in [0.5, 0.6) is 0 Å². The quantitative estimate of drug-likeness (QED) is 0.795. The molecule has 0 saturated carbocycles. The van der Waals surface area contributed by atoms with Crippen LogP contribution in [0.3, 0.4) is 0 Å². The monoisotopic (exact) mass is 277 g/mol. The van der Waals surface area contributed by atoms with Crippen molar-refractivity contribution in [2.24, 2.45) is 0 Å². The molecule has 0 unspecified atom stereocenters. The Balaban J connectivity index is 1.92. The van der Waals surface area contributed by atoms with E-state index in [4.69, 9.17) is 4.42 Å². The van der Waals surface area contributed by atoms with Crippen molar-refractivity contribution < 1.29 is 8.81 Å². The summed E-state index contributed by atoms with van der Waals surface area (Å²) in [6.07, 6.45) is 0. The van der Waals surface area contributed by atoms with Gasteiger partial charge in [-0.05, 0) is 30.1 Å². The molecule has 0 amide bonds. The van der Waals surface area contributed by atoms with E-state index in [0.717, 1.165) is 21.5 Å². The van der Waals surface area contributed by atoms with Crippen molar-refractivity contribution in [1.29, 1.82) is 0 Å². The zero-order chi connectivity index (χ0) is 13.2. The lowest BCUT2D eigenvalue weighted by Crippen LogP contribution is -2.11. The third-order valence-corrected chi connectivity index (χ3v) is 3.77. The smallest absolute Gasteiger partial charge is 0.257 e. The fourth-order valence-corrected chi connectivity index (χ4v) is 2.78. The van der Waals surface area contributed by atoms with Gasteiger partial charge in [-0.2, -0.15) is 0 Å². The van der Waals surface area contributed by atoms with Crippen LogP contribution in [0.15, 0.2) is 28.7 Å². The summed E-state index contributed by atoms with van der Waals surface area (Å²) in [6, 6.07) is 6.65. The topological polar surface area (TPSA) is 51.0 Å². The number of hydrogen-bond acceptors (Lipinski definition) is 5. The number of aromatic nitrogens is 2. The first-order valence-corrected chi connectivity index (χ1v) is 6.80. The van der Waals surface area contributed by atoms with Crippen LogP contribution >= 0.6 is 11.3 Å². The molecule has 6 heteroatoms. The van der Waals surface area contributed by atoms with E-state index in [1.807, 2.05) is 13.0 Å². The van der Waals surface area contributed by atoms with Crippen LogP contribution in [-0.2, 0) is 6.54 Å². The van der Waals surface area contributed by atoms with Gasteiger partial charge in [-0.3, -0.25) is 0 Å². The Morgan fingerprint density at radius 3 is 3.05 bits per heavy atom. The number of nitrogens with zero attached hydrogens (tertiary/aromatic N) is 2. The Morgan fingerprint density at radius 1 is 1.32 bits per heavy atom. The molecule has 2 heterocycles. The highest BCUT2D eigenvalue weighted by molar-refractivity contribution is 7.22. The average Bonchev–Trinajstić information content (AvgIpc) is 3.01. The van der Waals surface area contributed by atoms with E-state index in [1.165, 1.54) is 23.5 Å². The molecule has 1 aromatic carbocycles. The molecular formula is C13H12FN3OS. The molecule has 2 aromatic heterocycles. The molecule has 0 bridgehead atoms. The summed E-state index contributed by atoms with van der Waals surface area (Å²) in [5, 5.41) is 12.1. The summed E-state index contributed by atoms with van der Waals surface area (Å²) >= 11 is 1.45. The van der Waals surface area contributed by atoms with Crippen molar-refractivity contribution in [2.75, 3.05) is 6.54 Å². The van der Waals surface area contributed by atoms with Crippen LogP contribution in [0.2, 0.25) is 0 Å². The highest BCUT2D eigenvalue weighted by atomic mass is 32.1. The minimum atomic E-state index is -0.237. The lowest BCUT2D eigenvalue weighted by molar-refractivity contribution is 0.483. The molecule has 0 saturated heterocycles. The van der Waals surface area contributed by atoms with Gasteiger partial charge < -0.3 is 9.73 Å². The maximum absolute atomic E-state index is 13.1. The highest BCUT2D eigenvalue weighted by Gasteiger charge is 2.12. The van der Waals surface area contributed by atoms with Gasteiger partial charge in [-0.15, -0.1) is 21.5 Å². The van der Waals surface area contributed by atoms with Crippen LogP contribution in [-0.4, -0.2) is 16.7 Å². The Hall–Kier alpha value is -1.79. The van der Waals surface area contributed by atoms with Gasteiger partial charge in [0.15, 0.2) is 0 Å². The molecular weight excluding hydrogens is 265 g/mol. The lowest BCUT2D eigenvalue weighted by atomic mass is 10.2. The summed E-state index contributed by atoms with van der Waals surface area (Å²) in [7, 11) is 0. The zero-order valence-corrected chi connectivity index (χ0v) is 11.1. The number of benzene rings is 1. The molecule has 4 nitrogen and oxygen atoms in total. The normalized spacial score (nSPS) is 11.3. The third kappa shape index (κ3) is 2.50. The van der Waals surface area contributed by atoms with E-state index < -0.39 is 0 Å². The molecule has 0 aliphatic heterocycles. The van der Waals surface area contributed by atoms with Gasteiger partial charge in [0.25, 0.3) is 5.89 Å². The molecule has 0 aliphatic rings. The Kier molecular flexibility index (Phi) is 3.27.